The van der Waals surface area contributed by atoms with E-state index in [0.717, 1.165) is 69.0 Å². The van der Waals surface area contributed by atoms with Crippen LogP contribution in [0.25, 0.3) is 0 Å². The van der Waals surface area contributed by atoms with E-state index in [9.17, 15) is 9.59 Å². The van der Waals surface area contributed by atoms with Gasteiger partial charge in [0, 0.05) is 50.4 Å². The minimum atomic E-state index is 0.00362. The Balaban J connectivity index is 1.28. The fourth-order valence-corrected chi connectivity index (χ4v) is 4.27. The number of aromatic nitrogens is 1. The summed E-state index contributed by atoms with van der Waals surface area (Å²) in [4.78, 5) is 33.8. The molecule has 2 aliphatic rings. The van der Waals surface area contributed by atoms with Gasteiger partial charge in [-0.3, -0.25) is 9.59 Å². The number of anilines is 1. The molecule has 0 aliphatic carbocycles. The summed E-state index contributed by atoms with van der Waals surface area (Å²) < 4.78 is 5.16. The lowest BCUT2D eigenvalue weighted by molar-refractivity contribution is -0.125. The molecule has 1 aromatic heterocycles. The smallest absolute Gasteiger partial charge is 0.254 e. The standard InChI is InChI=1S/C24H30N4O3/c1-31-21-6-4-18(5-7-21)17-26-23(29)19-9-14-27(15-10-19)22-16-20(8-11-25-22)24(30)28-12-2-3-13-28/h4-8,11,16,19H,2-3,9-10,12-15,17H2,1H3,(H,26,29). The normalized spacial score (nSPS) is 16.9. The molecule has 4 rings (SSSR count). The Morgan fingerprint density at radius 2 is 1.77 bits per heavy atom. The van der Waals surface area contributed by atoms with Crippen molar-refractivity contribution < 1.29 is 14.3 Å². The van der Waals surface area contributed by atoms with Crippen LogP contribution >= 0.6 is 0 Å². The van der Waals surface area contributed by atoms with E-state index in [-0.39, 0.29) is 17.7 Å². The Hall–Kier alpha value is -3.09. The van der Waals surface area contributed by atoms with Crippen LogP contribution in [0.5, 0.6) is 5.75 Å². The summed E-state index contributed by atoms with van der Waals surface area (Å²) in [5.74, 6) is 1.82. The molecule has 2 saturated heterocycles. The maximum atomic E-state index is 12.7. The third kappa shape index (κ3) is 5.16. The lowest BCUT2D eigenvalue weighted by Crippen LogP contribution is -2.40. The second kappa shape index (κ2) is 9.81. The zero-order valence-corrected chi connectivity index (χ0v) is 18.0. The third-order valence-corrected chi connectivity index (χ3v) is 6.20. The predicted octanol–water partition coefficient (Wildman–Crippen LogP) is 2.86. The van der Waals surface area contributed by atoms with Crippen LogP contribution in [-0.4, -0.2) is 55.0 Å². The number of amides is 2. The van der Waals surface area contributed by atoms with Gasteiger partial charge in [0.05, 0.1) is 7.11 Å². The van der Waals surface area contributed by atoms with Crippen molar-refractivity contribution in [3.05, 3.63) is 53.7 Å². The quantitative estimate of drug-likeness (QED) is 0.775. The van der Waals surface area contributed by atoms with E-state index < -0.39 is 0 Å². The molecule has 2 amide bonds. The summed E-state index contributed by atoms with van der Waals surface area (Å²) in [5.41, 5.74) is 1.75. The van der Waals surface area contributed by atoms with Gasteiger partial charge >= 0.3 is 0 Å². The predicted molar refractivity (Wildman–Crippen MR) is 119 cm³/mol. The monoisotopic (exact) mass is 422 g/mol. The van der Waals surface area contributed by atoms with E-state index in [0.29, 0.717) is 12.1 Å². The molecule has 0 spiro atoms. The number of hydrogen-bond acceptors (Lipinski definition) is 5. The number of hydrogen-bond donors (Lipinski definition) is 1. The van der Waals surface area contributed by atoms with Gasteiger partial charge in [0.15, 0.2) is 0 Å². The summed E-state index contributed by atoms with van der Waals surface area (Å²) in [6, 6.07) is 11.4. The van der Waals surface area contributed by atoms with Gasteiger partial charge in [-0.05, 0) is 55.5 Å². The molecule has 0 atom stereocenters. The Labute approximate surface area is 183 Å². The van der Waals surface area contributed by atoms with Crippen LogP contribution in [0.3, 0.4) is 0 Å². The average molecular weight is 423 g/mol. The van der Waals surface area contributed by atoms with Crippen LogP contribution < -0.4 is 15.0 Å². The van der Waals surface area contributed by atoms with Crippen LogP contribution in [-0.2, 0) is 11.3 Å². The molecule has 0 unspecified atom stereocenters. The van der Waals surface area contributed by atoms with Crippen LogP contribution in [0.1, 0.15) is 41.6 Å². The zero-order chi connectivity index (χ0) is 21.6. The first-order valence-electron chi connectivity index (χ1n) is 11.0. The van der Waals surface area contributed by atoms with E-state index in [1.54, 1.807) is 19.4 Å². The molecule has 0 radical (unpaired) electrons. The lowest BCUT2D eigenvalue weighted by atomic mass is 9.95. The number of likely N-dealkylation sites (tertiary alicyclic amines) is 1. The number of rotatable bonds is 6. The molecule has 1 aromatic carbocycles. The molecule has 0 saturated carbocycles. The molecule has 7 heteroatoms. The molecule has 2 aliphatic heterocycles. The van der Waals surface area contributed by atoms with E-state index in [2.05, 4.69) is 15.2 Å². The molecule has 164 valence electrons. The fourth-order valence-electron chi connectivity index (χ4n) is 4.27. The van der Waals surface area contributed by atoms with Gasteiger partial charge in [-0.15, -0.1) is 0 Å². The van der Waals surface area contributed by atoms with Gasteiger partial charge in [0.2, 0.25) is 5.91 Å². The molecule has 31 heavy (non-hydrogen) atoms. The Morgan fingerprint density at radius 3 is 2.45 bits per heavy atom. The van der Waals surface area contributed by atoms with Crippen LogP contribution in [0.4, 0.5) is 5.82 Å². The van der Waals surface area contributed by atoms with Crippen molar-refractivity contribution >= 4 is 17.6 Å². The first kappa shape index (κ1) is 21.2. The van der Waals surface area contributed by atoms with Crippen molar-refractivity contribution in [1.82, 2.24) is 15.2 Å². The highest BCUT2D eigenvalue weighted by Gasteiger charge is 2.26. The van der Waals surface area contributed by atoms with Crippen molar-refractivity contribution in [2.75, 3.05) is 38.2 Å². The van der Waals surface area contributed by atoms with Gasteiger partial charge in [-0.1, -0.05) is 12.1 Å². The lowest BCUT2D eigenvalue weighted by Gasteiger charge is -2.32. The molecule has 2 fully saturated rings. The molecular weight excluding hydrogens is 392 g/mol. The Morgan fingerprint density at radius 1 is 1.06 bits per heavy atom. The third-order valence-electron chi connectivity index (χ3n) is 6.20. The van der Waals surface area contributed by atoms with Gasteiger partial charge in [-0.2, -0.15) is 0 Å². The SMILES string of the molecule is COc1ccc(CNC(=O)C2CCN(c3cc(C(=O)N4CCCC4)ccn3)CC2)cc1. The summed E-state index contributed by atoms with van der Waals surface area (Å²) in [5, 5.41) is 3.05. The Kier molecular flexibility index (Phi) is 6.70. The number of pyridine rings is 1. The van der Waals surface area contributed by atoms with Crippen LogP contribution in [0.2, 0.25) is 0 Å². The highest BCUT2D eigenvalue weighted by molar-refractivity contribution is 5.95. The first-order chi connectivity index (χ1) is 15.1. The van der Waals surface area contributed by atoms with Crippen molar-refractivity contribution in [1.29, 1.82) is 0 Å². The molecule has 3 heterocycles. The van der Waals surface area contributed by atoms with E-state index in [1.165, 1.54) is 0 Å². The van der Waals surface area contributed by atoms with Crippen molar-refractivity contribution in [3.8, 4) is 5.75 Å². The highest BCUT2D eigenvalue weighted by atomic mass is 16.5. The van der Waals surface area contributed by atoms with Crippen LogP contribution in [0, 0.1) is 5.92 Å². The van der Waals surface area contributed by atoms with Gasteiger partial charge < -0.3 is 19.9 Å². The summed E-state index contributed by atoms with van der Waals surface area (Å²) in [6.45, 7) is 3.72. The number of carbonyl (C=O) groups is 2. The number of ether oxygens (including phenoxy) is 1. The molecule has 7 nitrogen and oxygen atoms in total. The molecule has 1 N–H and O–H groups in total. The van der Waals surface area contributed by atoms with Crippen LogP contribution in [0.15, 0.2) is 42.6 Å². The number of nitrogens with one attached hydrogen (secondary N) is 1. The first-order valence-corrected chi connectivity index (χ1v) is 11.0. The van der Waals surface area contributed by atoms with Crippen molar-refractivity contribution in [3.63, 3.8) is 0 Å². The number of carbonyl (C=O) groups excluding carboxylic acids is 2. The van der Waals surface area contributed by atoms with E-state index in [1.807, 2.05) is 35.2 Å². The maximum Gasteiger partial charge on any atom is 0.254 e. The molecule has 2 aromatic rings. The Bertz CT molecular complexity index is 901. The van der Waals surface area contributed by atoms with Gasteiger partial charge in [0.1, 0.15) is 11.6 Å². The minimum Gasteiger partial charge on any atom is -0.497 e. The molecular formula is C24H30N4O3. The van der Waals surface area contributed by atoms with Crippen molar-refractivity contribution in [2.24, 2.45) is 5.92 Å². The maximum absolute atomic E-state index is 12.7. The summed E-state index contributed by atoms with van der Waals surface area (Å²) in [6.07, 6.45) is 5.43. The van der Waals surface area contributed by atoms with E-state index in [4.69, 9.17) is 4.74 Å². The second-order valence-corrected chi connectivity index (χ2v) is 8.23. The zero-order valence-electron chi connectivity index (χ0n) is 18.0. The van der Waals surface area contributed by atoms with Gasteiger partial charge in [0.25, 0.3) is 5.91 Å². The largest absolute Gasteiger partial charge is 0.497 e. The number of benzene rings is 1. The fraction of sp³-hybridized carbons (Fsp3) is 0.458. The number of piperidine rings is 1. The average Bonchev–Trinajstić information content (AvgIpc) is 3.37. The van der Waals surface area contributed by atoms with Crippen molar-refractivity contribution in [2.45, 2.75) is 32.2 Å². The summed E-state index contributed by atoms with van der Waals surface area (Å²) >= 11 is 0. The van der Waals surface area contributed by atoms with Gasteiger partial charge in [-0.25, -0.2) is 4.98 Å². The minimum absolute atomic E-state index is 0.00362. The summed E-state index contributed by atoms with van der Waals surface area (Å²) in [7, 11) is 1.64. The second-order valence-electron chi connectivity index (χ2n) is 8.23. The molecule has 0 bridgehead atoms. The topological polar surface area (TPSA) is 74.8 Å². The number of nitrogens with zero attached hydrogens (tertiary/aromatic N) is 3. The van der Waals surface area contributed by atoms with E-state index >= 15 is 0 Å². The number of methoxy groups -OCH3 is 1. The highest BCUT2D eigenvalue weighted by Crippen LogP contribution is 2.24.